The van der Waals surface area contributed by atoms with Crippen LogP contribution in [0.3, 0.4) is 0 Å². The lowest BCUT2D eigenvalue weighted by Gasteiger charge is -2.26. The molecule has 3 heteroatoms. The van der Waals surface area contributed by atoms with E-state index in [0.717, 1.165) is 17.5 Å². The van der Waals surface area contributed by atoms with Crippen LogP contribution in [-0.4, -0.2) is 11.3 Å². The van der Waals surface area contributed by atoms with Gasteiger partial charge in [-0.05, 0) is 31.4 Å². The Morgan fingerprint density at radius 3 is 2.53 bits per heavy atom. The summed E-state index contributed by atoms with van der Waals surface area (Å²) in [6.07, 6.45) is -0.381. The highest BCUT2D eigenvalue weighted by atomic mass is 16.7. The molecule has 0 atom stereocenters. The molecule has 0 unspecified atom stereocenters. The first kappa shape index (κ1) is 11.6. The van der Waals surface area contributed by atoms with Gasteiger partial charge in [0, 0.05) is 0 Å². The second-order valence-electron chi connectivity index (χ2n) is 3.89. The van der Waals surface area contributed by atoms with Gasteiger partial charge in [-0.2, -0.15) is 0 Å². The third-order valence-electron chi connectivity index (χ3n) is 2.39. The van der Waals surface area contributed by atoms with Crippen molar-refractivity contribution in [1.29, 1.82) is 0 Å². The standard InChI is InChI=1S/C12H16O3/c1-4-9-7-5-6-8-10(9)12(2,3)15-11(13)14/h5-8H,4H2,1-3H3,(H,13,14). The molecule has 0 aliphatic rings. The molecule has 82 valence electrons. The maximum absolute atomic E-state index is 10.6. The second-order valence-corrected chi connectivity index (χ2v) is 3.89. The summed E-state index contributed by atoms with van der Waals surface area (Å²) in [5.74, 6) is 0. The highest BCUT2D eigenvalue weighted by molar-refractivity contribution is 5.58. The summed E-state index contributed by atoms with van der Waals surface area (Å²) in [4.78, 5) is 10.6. The lowest BCUT2D eigenvalue weighted by Crippen LogP contribution is -2.26. The van der Waals surface area contributed by atoms with Crippen LogP contribution in [-0.2, 0) is 16.8 Å². The van der Waals surface area contributed by atoms with Gasteiger partial charge in [-0.15, -0.1) is 0 Å². The fraction of sp³-hybridized carbons (Fsp3) is 0.417. The molecule has 15 heavy (non-hydrogen) atoms. The highest BCUT2D eigenvalue weighted by Crippen LogP contribution is 2.28. The van der Waals surface area contributed by atoms with Gasteiger partial charge < -0.3 is 9.84 Å². The van der Waals surface area contributed by atoms with Crippen LogP contribution in [0.4, 0.5) is 4.79 Å². The van der Waals surface area contributed by atoms with Gasteiger partial charge in [0.2, 0.25) is 0 Å². The predicted octanol–water partition coefficient (Wildman–Crippen LogP) is 3.18. The van der Waals surface area contributed by atoms with Crippen LogP contribution >= 0.6 is 0 Å². The first-order valence-corrected chi connectivity index (χ1v) is 4.97. The van der Waals surface area contributed by atoms with Crippen molar-refractivity contribution >= 4 is 6.16 Å². The van der Waals surface area contributed by atoms with Gasteiger partial charge in [0.1, 0.15) is 5.60 Å². The van der Waals surface area contributed by atoms with Gasteiger partial charge in [0.05, 0.1) is 0 Å². The quantitative estimate of drug-likeness (QED) is 0.776. The molecule has 1 N–H and O–H groups in total. The fourth-order valence-corrected chi connectivity index (χ4v) is 1.69. The number of hydrogen-bond acceptors (Lipinski definition) is 2. The van der Waals surface area contributed by atoms with Crippen molar-refractivity contribution in [2.45, 2.75) is 32.8 Å². The minimum Gasteiger partial charge on any atom is -0.450 e. The van der Waals surface area contributed by atoms with Crippen molar-refractivity contribution in [3.05, 3.63) is 35.4 Å². The molecule has 0 amide bonds. The van der Waals surface area contributed by atoms with Crippen LogP contribution in [0.25, 0.3) is 0 Å². The van der Waals surface area contributed by atoms with E-state index in [1.54, 1.807) is 13.8 Å². The molecule has 0 radical (unpaired) electrons. The Kier molecular flexibility index (Phi) is 3.35. The van der Waals surface area contributed by atoms with Gasteiger partial charge >= 0.3 is 6.16 Å². The number of ether oxygens (including phenoxy) is 1. The van der Waals surface area contributed by atoms with Crippen LogP contribution in [0.1, 0.15) is 31.9 Å². The van der Waals surface area contributed by atoms with Crippen LogP contribution < -0.4 is 0 Å². The maximum Gasteiger partial charge on any atom is 0.506 e. The highest BCUT2D eigenvalue weighted by Gasteiger charge is 2.26. The number of hydrogen-bond donors (Lipinski definition) is 1. The third kappa shape index (κ3) is 2.72. The molecule has 1 aromatic rings. The zero-order valence-electron chi connectivity index (χ0n) is 9.28. The molecule has 0 aromatic heterocycles. The Balaban J connectivity index is 3.07. The van der Waals surface area contributed by atoms with E-state index in [2.05, 4.69) is 0 Å². The van der Waals surface area contributed by atoms with Gasteiger partial charge in [-0.3, -0.25) is 0 Å². The van der Waals surface area contributed by atoms with Crippen LogP contribution in [0.5, 0.6) is 0 Å². The molecule has 0 bridgehead atoms. The van der Waals surface area contributed by atoms with Gasteiger partial charge in [0.15, 0.2) is 0 Å². The third-order valence-corrected chi connectivity index (χ3v) is 2.39. The van der Waals surface area contributed by atoms with Crippen molar-refractivity contribution in [3.63, 3.8) is 0 Å². The van der Waals surface area contributed by atoms with E-state index in [0.29, 0.717) is 0 Å². The number of benzene rings is 1. The lowest BCUT2D eigenvalue weighted by molar-refractivity contribution is 0.000578. The molecule has 0 heterocycles. The molecule has 3 nitrogen and oxygen atoms in total. The predicted molar refractivity (Wildman–Crippen MR) is 58.0 cm³/mol. The number of carboxylic acid groups (broad SMARTS) is 1. The fourth-order valence-electron chi connectivity index (χ4n) is 1.69. The van der Waals surface area contributed by atoms with E-state index >= 15 is 0 Å². The maximum atomic E-state index is 10.6. The molecular formula is C12H16O3. The van der Waals surface area contributed by atoms with E-state index in [9.17, 15) is 4.79 Å². The minimum absolute atomic E-state index is 0.793. The summed E-state index contributed by atoms with van der Waals surface area (Å²) < 4.78 is 4.88. The van der Waals surface area contributed by atoms with E-state index in [1.807, 2.05) is 31.2 Å². The number of rotatable bonds is 3. The summed E-state index contributed by atoms with van der Waals surface area (Å²) in [5.41, 5.74) is 1.25. The Bertz CT molecular complexity index is 356. The summed E-state index contributed by atoms with van der Waals surface area (Å²) in [6.45, 7) is 5.56. The molecule has 1 aromatic carbocycles. The van der Waals surface area contributed by atoms with E-state index < -0.39 is 11.8 Å². The van der Waals surface area contributed by atoms with Crippen molar-refractivity contribution < 1.29 is 14.6 Å². The van der Waals surface area contributed by atoms with Crippen LogP contribution in [0.2, 0.25) is 0 Å². The zero-order valence-corrected chi connectivity index (χ0v) is 9.28. The molecule has 0 spiro atoms. The summed E-state index contributed by atoms with van der Waals surface area (Å²) >= 11 is 0. The van der Waals surface area contributed by atoms with Gasteiger partial charge in [-0.1, -0.05) is 31.2 Å². The number of aryl methyl sites for hydroxylation is 1. The van der Waals surface area contributed by atoms with E-state index in [4.69, 9.17) is 9.84 Å². The summed E-state index contributed by atoms with van der Waals surface area (Å²) in [7, 11) is 0. The zero-order chi connectivity index (χ0) is 11.5. The first-order chi connectivity index (χ1) is 6.97. The minimum atomic E-state index is -1.24. The lowest BCUT2D eigenvalue weighted by atomic mass is 9.92. The summed E-state index contributed by atoms with van der Waals surface area (Å²) in [6, 6.07) is 7.73. The SMILES string of the molecule is CCc1ccccc1C(C)(C)OC(=O)O. The average molecular weight is 208 g/mol. The Morgan fingerprint density at radius 1 is 1.40 bits per heavy atom. The topological polar surface area (TPSA) is 46.5 Å². The first-order valence-electron chi connectivity index (χ1n) is 4.97. The Hall–Kier alpha value is -1.51. The Morgan fingerprint density at radius 2 is 2.00 bits per heavy atom. The average Bonchev–Trinajstić information content (AvgIpc) is 2.16. The molecule has 0 fully saturated rings. The summed E-state index contributed by atoms with van der Waals surface area (Å²) in [5, 5.41) is 8.65. The van der Waals surface area contributed by atoms with Gasteiger partial charge in [-0.25, -0.2) is 4.79 Å². The normalized spacial score (nSPS) is 11.1. The van der Waals surface area contributed by atoms with Crippen LogP contribution in [0, 0.1) is 0 Å². The molecular weight excluding hydrogens is 192 g/mol. The van der Waals surface area contributed by atoms with Gasteiger partial charge in [0.25, 0.3) is 0 Å². The molecule has 0 saturated carbocycles. The molecule has 0 saturated heterocycles. The number of carbonyl (C=O) groups is 1. The van der Waals surface area contributed by atoms with Crippen molar-refractivity contribution in [2.75, 3.05) is 0 Å². The van der Waals surface area contributed by atoms with E-state index in [-0.39, 0.29) is 0 Å². The van der Waals surface area contributed by atoms with Crippen molar-refractivity contribution in [1.82, 2.24) is 0 Å². The smallest absolute Gasteiger partial charge is 0.450 e. The second kappa shape index (κ2) is 4.34. The monoisotopic (exact) mass is 208 g/mol. The largest absolute Gasteiger partial charge is 0.506 e. The Labute approximate surface area is 89.7 Å². The molecule has 0 aliphatic heterocycles. The van der Waals surface area contributed by atoms with Crippen LogP contribution in [0.15, 0.2) is 24.3 Å². The molecule has 1 rings (SSSR count). The van der Waals surface area contributed by atoms with E-state index in [1.165, 1.54) is 0 Å². The van der Waals surface area contributed by atoms with Crippen molar-refractivity contribution in [2.24, 2.45) is 0 Å². The van der Waals surface area contributed by atoms with Crippen molar-refractivity contribution in [3.8, 4) is 0 Å². The molecule has 0 aliphatic carbocycles.